The zero-order chi connectivity index (χ0) is 28.4. The van der Waals surface area contributed by atoms with Gasteiger partial charge in [-0.1, -0.05) is 62.2 Å². The van der Waals surface area contributed by atoms with Crippen molar-refractivity contribution in [2.75, 3.05) is 24.3 Å². The van der Waals surface area contributed by atoms with Gasteiger partial charge in [0.2, 0.25) is 5.95 Å². The molecular weight excluding hydrogens is 541 g/mol. The fourth-order valence-electron chi connectivity index (χ4n) is 5.25. The van der Waals surface area contributed by atoms with Crippen molar-refractivity contribution in [3.63, 3.8) is 0 Å². The molecule has 0 radical (unpaired) electrons. The highest BCUT2D eigenvalue weighted by atomic mass is 35.5. The molecule has 0 bridgehead atoms. The van der Waals surface area contributed by atoms with Crippen molar-refractivity contribution in [3.05, 3.63) is 75.5 Å². The highest BCUT2D eigenvalue weighted by Crippen LogP contribution is 2.28. The van der Waals surface area contributed by atoms with Crippen LogP contribution < -0.4 is 15.5 Å². The van der Waals surface area contributed by atoms with Crippen LogP contribution in [0.1, 0.15) is 63.4 Å². The minimum atomic E-state index is -0.0369. The van der Waals surface area contributed by atoms with Gasteiger partial charge in [-0.05, 0) is 61.6 Å². The van der Waals surface area contributed by atoms with Crippen LogP contribution in [0.5, 0.6) is 0 Å². The lowest BCUT2D eigenvalue weighted by atomic mass is 9.91. The topological polar surface area (TPSA) is 70.9 Å². The van der Waals surface area contributed by atoms with E-state index in [0.717, 1.165) is 65.9 Å². The van der Waals surface area contributed by atoms with E-state index in [2.05, 4.69) is 48.2 Å². The first-order valence-corrected chi connectivity index (χ1v) is 14.8. The summed E-state index contributed by atoms with van der Waals surface area (Å²) in [7, 11) is 4.05. The van der Waals surface area contributed by atoms with Crippen molar-refractivity contribution in [2.24, 2.45) is 0 Å². The summed E-state index contributed by atoms with van der Waals surface area (Å²) in [6, 6.07) is 16.9. The fraction of sp³-hybridized carbons (Fsp3) is 0.452. The molecule has 1 fully saturated rings. The lowest BCUT2D eigenvalue weighted by molar-refractivity contribution is 0.348. The minimum absolute atomic E-state index is 0.0369. The molecule has 2 aromatic carbocycles. The zero-order valence-electron chi connectivity index (χ0n) is 24.0. The molecule has 40 heavy (non-hydrogen) atoms. The zero-order valence-corrected chi connectivity index (χ0v) is 25.5. The summed E-state index contributed by atoms with van der Waals surface area (Å²) >= 11 is 12.6. The molecule has 5 rings (SSSR count). The first-order chi connectivity index (χ1) is 19.1. The van der Waals surface area contributed by atoms with Crippen molar-refractivity contribution in [2.45, 2.75) is 77.0 Å². The van der Waals surface area contributed by atoms with E-state index in [1.165, 1.54) is 0 Å². The third kappa shape index (κ3) is 6.70. The fourth-order valence-corrected chi connectivity index (χ4v) is 5.72. The van der Waals surface area contributed by atoms with E-state index in [0.29, 0.717) is 34.6 Å². The van der Waals surface area contributed by atoms with Gasteiger partial charge in [-0.25, -0.2) is 4.98 Å². The van der Waals surface area contributed by atoms with Crippen molar-refractivity contribution >= 4 is 45.9 Å². The van der Waals surface area contributed by atoms with E-state index in [1.54, 1.807) is 6.07 Å². The number of halogens is 2. The van der Waals surface area contributed by atoms with Gasteiger partial charge in [-0.15, -0.1) is 0 Å². The summed E-state index contributed by atoms with van der Waals surface area (Å²) < 4.78 is 2.08. The summed E-state index contributed by atoms with van der Waals surface area (Å²) in [6.07, 6.45) is 4.32. The maximum absolute atomic E-state index is 6.49. The molecule has 212 valence electrons. The largest absolute Gasteiger partial charge is 0.362 e. The Kier molecular flexibility index (Phi) is 8.55. The second-order valence-electron chi connectivity index (χ2n) is 12.0. The van der Waals surface area contributed by atoms with Crippen molar-refractivity contribution in [3.8, 4) is 0 Å². The average molecular weight is 581 g/mol. The average Bonchev–Trinajstić information content (AvgIpc) is 3.32. The number of anilines is 2. The molecule has 0 aliphatic heterocycles. The number of fused-ring (bicyclic) bond motifs is 1. The Morgan fingerprint density at radius 2 is 1.68 bits per heavy atom. The lowest BCUT2D eigenvalue weighted by Crippen LogP contribution is -2.37. The van der Waals surface area contributed by atoms with Crippen molar-refractivity contribution < 1.29 is 0 Å². The monoisotopic (exact) mass is 579 g/mol. The molecule has 2 aromatic heterocycles. The van der Waals surface area contributed by atoms with Gasteiger partial charge in [-0.2, -0.15) is 10.1 Å². The van der Waals surface area contributed by atoms with Gasteiger partial charge in [0.15, 0.2) is 0 Å². The van der Waals surface area contributed by atoms with Gasteiger partial charge in [0.05, 0.1) is 23.4 Å². The highest BCUT2D eigenvalue weighted by Gasteiger charge is 2.24. The third-order valence-corrected chi connectivity index (χ3v) is 8.19. The second-order valence-corrected chi connectivity index (χ2v) is 12.9. The second kappa shape index (κ2) is 11.9. The summed E-state index contributed by atoms with van der Waals surface area (Å²) in [5.41, 5.74) is 4.18. The number of benzene rings is 2. The normalized spacial score (nSPS) is 17.8. The van der Waals surface area contributed by atoms with Crippen LogP contribution in [0.15, 0.2) is 48.5 Å². The summed E-state index contributed by atoms with van der Waals surface area (Å²) in [6.45, 7) is 7.96. The van der Waals surface area contributed by atoms with Gasteiger partial charge in [0.25, 0.3) is 0 Å². The van der Waals surface area contributed by atoms with Crippen LogP contribution >= 0.6 is 23.2 Å². The van der Waals surface area contributed by atoms with E-state index in [-0.39, 0.29) is 5.41 Å². The summed E-state index contributed by atoms with van der Waals surface area (Å²) in [5, 5.41) is 14.8. The molecule has 1 aliphatic carbocycles. The minimum Gasteiger partial charge on any atom is -0.362 e. The first-order valence-electron chi connectivity index (χ1n) is 14.0. The highest BCUT2D eigenvalue weighted by molar-refractivity contribution is 6.35. The van der Waals surface area contributed by atoms with Crippen LogP contribution in [0.2, 0.25) is 10.0 Å². The Morgan fingerprint density at radius 1 is 0.950 bits per heavy atom. The Morgan fingerprint density at radius 3 is 2.38 bits per heavy atom. The summed E-state index contributed by atoms with van der Waals surface area (Å²) in [4.78, 5) is 11.7. The Balaban J connectivity index is 1.22. The maximum atomic E-state index is 6.49. The van der Waals surface area contributed by atoms with Crippen LogP contribution in [0.4, 0.5) is 11.8 Å². The molecule has 1 aliphatic rings. The van der Waals surface area contributed by atoms with E-state index in [9.17, 15) is 0 Å². The molecule has 2 N–H and O–H groups in total. The molecule has 7 nitrogen and oxygen atoms in total. The van der Waals surface area contributed by atoms with E-state index in [1.807, 2.05) is 49.3 Å². The SMILES string of the molecule is CN(C)c1nc(N[C@H]2CC[C@@H](NCc3cc(C(C)(C)C)nn3Cc3ccc(Cl)cc3Cl)CC2)nc2ccccc12. The molecule has 0 atom stereocenters. The quantitative estimate of drug-likeness (QED) is 0.233. The third-order valence-electron chi connectivity index (χ3n) is 7.61. The molecule has 4 aromatic rings. The number of nitrogens with zero attached hydrogens (tertiary/aromatic N) is 5. The Labute approximate surface area is 247 Å². The van der Waals surface area contributed by atoms with Gasteiger partial charge in [0.1, 0.15) is 5.82 Å². The molecule has 0 spiro atoms. The van der Waals surface area contributed by atoms with Crippen LogP contribution in [-0.2, 0) is 18.5 Å². The molecule has 0 unspecified atom stereocenters. The number of hydrogen-bond acceptors (Lipinski definition) is 6. The molecule has 0 amide bonds. The maximum Gasteiger partial charge on any atom is 0.225 e. The number of para-hydroxylation sites is 1. The molecule has 2 heterocycles. The van der Waals surface area contributed by atoms with Crippen LogP contribution in [0.25, 0.3) is 10.9 Å². The number of hydrogen-bond donors (Lipinski definition) is 2. The standard InChI is InChI=1S/C31H39Cl2N7/c1-31(2,3)28-17-24(40(38-28)19-20-10-11-21(32)16-26(20)33)18-34-22-12-14-23(15-13-22)35-30-36-27-9-7-6-8-25(27)29(37-30)39(4)5/h6-11,16-17,22-23,34H,12-15,18-19H2,1-5H3,(H,35,36,37)/t22-,23+. The van der Waals surface area contributed by atoms with Crippen LogP contribution in [0.3, 0.4) is 0 Å². The van der Waals surface area contributed by atoms with E-state index < -0.39 is 0 Å². The van der Waals surface area contributed by atoms with E-state index in [4.69, 9.17) is 38.3 Å². The van der Waals surface area contributed by atoms with Crippen LogP contribution in [-0.4, -0.2) is 45.9 Å². The van der Waals surface area contributed by atoms with Gasteiger partial charge in [0, 0.05) is 53.6 Å². The predicted octanol–water partition coefficient (Wildman–Crippen LogP) is 7.06. The first kappa shape index (κ1) is 28.7. The predicted molar refractivity (Wildman–Crippen MR) is 167 cm³/mol. The number of aromatic nitrogens is 4. The Hall–Kier alpha value is -2.87. The van der Waals surface area contributed by atoms with Gasteiger partial charge < -0.3 is 15.5 Å². The molecule has 9 heteroatoms. The van der Waals surface area contributed by atoms with Crippen LogP contribution in [0, 0.1) is 0 Å². The van der Waals surface area contributed by atoms with Crippen molar-refractivity contribution in [1.82, 2.24) is 25.1 Å². The lowest BCUT2D eigenvalue weighted by Gasteiger charge is -2.30. The van der Waals surface area contributed by atoms with Gasteiger partial charge >= 0.3 is 0 Å². The smallest absolute Gasteiger partial charge is 0.225 e. The number of rotatable bonds is 8. The van der Waals surface area contributed by atoms with Crippen molar-refractivity contribution in [1.29, 1.82) is 0 Å². The summed E-state index contributed by atoms with van der Waals surface area (Å²) in [5.74, 6) is 1.65. The molecular formula is C31H39Cl2N7. The van der Waals surface area contributed by atoms with Gasteiger partial charge in [-0.3, -0.25) is 4.68 Å². The number of nitrogens with one attached hydrogen (secondary N) is 2. The Bertz CT molecular complexity index is 1470. The van der Waals surface area contributed by atoms with E-state index >= 15 is 0 Å². The molecule has 0 saturated heterocycles. The molecule has 1 saturated carbocycles.